The van der Waals surface area contributed by atoms with E-state index in [4.69, 9.17) is 0 Å². The third-order valence-electron chi connectivity index (χ3n) is 3.11. The molecule has 2 heterocycles. The summed E-state index contributed by atoms with van der Waals surface area (Å²) in [7, 11) is 0. The van der Waals surface area contributed by atoms with Gasteiger partial charge in [-0.1, -0.05) is 0 Å². The summed E-state index contributed by atoms with van der Waals surface area (Å²) >= 11 is 0. The molecule has 0 radical (unpaired) electrons. The molecule has 0 saturated carbocycles. The standard InChI is InChI=1S/C11H13N5O/c17-11(7-4-12-13-5-7)15-9-2-1-3-10-8(9)6-14-16-10/h4-6,9H,1-3H2,(H,12,13)(H,14,16)(H,15,17). The van der Waals surface area contributed by atoms with Gasteiger partial charge in [0.05, 0.1) is 24.0 Å². The summed E-state index contributed by atoms with van der Waals surface area (Å²) in [6.07, 6.45) is 7.94. The molecular formula is C11H13N5O. The van der Waals surface area contributed by atoms with Crippen molar-refractivity contribution in [2.24, 2.45) is 0 Å². The number of fused-ring (bicyclic) bond motifs is 1. The molecule has 6 heteroatoms. The topological polar surface area (TPSA) is 86.5 Å². The molecule has 3 rings (SSSR count). The maximum Gasteiger partial charge on any atom is 0.254 e. The Bertz CT molecular complexity index is 516. The number of amides is 1. The summed E-state index contributed by atoms with van der Waals surface area (Å²) in [4.78, 5) is 11.9. The van der Waals surface area contributed by atoms with Gasteiger partial charge < -0.3 is 5.32 Å². The van der Waals surface area contributed by atoms with Gasteiger partial charge in [0, 0.05) is 17.5 Å². The molecule has 2 aromatic rings. The first-order valence-electron chi connectivity index (χ1n) is 5.66. The molecule has 1 aliphatic carbocycles. The number of carbonyl (C=O) groups excluding carboxylic acids is 1. The fourth-order valence-electron chi connectivity index (χ4n) is 2.23. The van der Waals surface area contributed by atoms with Crippen LogP contribution in [0.25, 0.3) is 0 Å². The first kappa shape index (κ1) is 10.1. The third-order valence-corrected chi connectivity index (χ3v) is 3.11. The zero-order valence-corrected chi connectivity index (χ0v) is 9.23. The van der Waals surface area contributed by atoms with Crippen molar-refractivity contribution in [3.63, 3.8) is 0 Å². The molecule has 0 aliphatic heterocycles. The number of nitrogens with zero attached hydrogens (tertiary/aromatic N) is 2. The molecular weight excluding hydrogens is 218 g/mol. The molecule has 1 aliphatic rings. The van der Waals surface area contributed by atoms with E-state index in [9.17, 15) is 4.79 Å². The van der Waals surface area contributed by atoms with E-state index in [0.717, 1.165) is 30.5 Å². The monoisotopic (exact) mass is 231 g/mol. The number of hydrogen-bond donors (Lipinski definition) is 3. The molecule has 0 fully saturated rings. The maximum atomic E-state index is 11.9. The first-order valence-corrected chi connectivity index (χ1v) is 5.66. The van der Waals surface area contributed by atoms with Crippen LogP contribution in [0.5, 0.6) is 0 Å². The summed E-state index contributed by atoms with van der Waals surface area (Å²) < 4.78 is 0. The number of rotatable bonds is 2. The number of aromatic nitrogens is 4. The Balaban J connectivity index is 1.77. The van der Waals surface area contributed by atoms with Gasteiger partial charge in [0.1, 0.15) is 0 Å². The molecule has 88 valence electrons. The van der Waals surface area contributed by atoms with Crippen molar-refractivity contribution in [2.75, 3.05) is 0 Å². The first-order chi connectivity index (χ1) is 8.34. The predicted molar refractivity (Wildman–Crippen MR) is 60.3 cm³/mol. The largest absolute Gasteiger partial charge is 0.345 e. The lowest BCUT2D eigenvalue weighted by atomic mass is 9.93. The fraction of sp³-hybridized carbons (Fsp3) is 0.364. The van der Waals surface area contributed by atoms with Crippen LogP contribution in [0.3, 0.4) is 0 Å². The van der Waals surface area contributed by atoms with Crippen molar-refractivity contribution in [3.8, 4) is 0 Å². The molecule has 6 nitrogen and oxygen atoms in total. The van der Waals surface area contributed by atoms with Gasteiger partial charge in [0.2, 0.25) is 0 Å². The van der Waals surface area contributed by atoms with Gasteiger partial charge in [-0.05, 0) is 19.3 Å². The average molecular weight is 231 g/mol. The highest BCUT2D eigenvalue weighted by Crippen LogP contribution is 2.28. The van der Waals surface area contributed by atoms with Gasteiger partial charge in [-0.15, -0.1) is 0 Å². The Kier molecular flexibility index (Phi) is 2.40. The zero-order chi connectivity index (χ0) is 11.7. The fourth-order valence-corrected chi connectivity index (χ4v) is 2.23. The second-order valence-electron chi connectivity index (χ2n) is 4.21. The summed E-state index contributed by atoms with van der Waals surface area (Å²) in [5.74, 6) is -0.0993. The van der Waals surface area contributed by atoms with Crippen molar-refractivity contribution in [1.29, 1.82) is 0 Å². The predicted octanol–water partition coefficient (Wildman–Crippen LogP) is 0.940. The van der Waals surface area contributed by atoms with Crippen molar-refractivity contribution in [3.05, 3.63) is 35.4 Å². The molecule has 17 heavy (non-hydrogen) atoms. The minimum atomic E-state index is -0.0993. The molecule has 2 aromatic heterocycles. The van der Waals surface area contributed by atoms with E-state index in [-0.39, 0.29) is 11.9 Å². The Labute approximate surface area is 97.8 Å². The van der Waals surface area contributed by atoms with Gasteiger partial charge in [-0.25, -0.2) is 0 Å². The quantitative estimate of drug-likeness (QED) is 0.719. The minimum absolute atomic E-state index is 0.0555. The average Bonchev–Trinajstić information content (AvgIpc) is 3.00. The summed E-state index contributed by atoms with van der Waals surface area (Å²) in [6.45, 7) is 0. The highest BCUT2D eigenvalue weighted by Gasteiger charge is 2.23. The number of aromatic amines is 2. The van der Waals surface area contributed by atoms with Crippen LogP contribution < -0.4 is 5.32 Å². The van der Waals surface area contributed by atoms with Crippen LogP contribution in [-0.4, -0.2) is 26.3 Å². The summed E-state index contributed by atoms with van der Waals surface area (Å²) in [5.41, 5.74) is 2.79. The second-order valence-corrected chi connectivity index (χ2v) is 4.21. The maximum absolute atomic E-state index is 11.9. The molecule has 1 atom stereocenters. The number of carbonyl (C=O) groups is 1. The molecule has 0 saturated heterocycles. The van der Waals surface area contributed by atoms with E-state index >= 15 is 0 Å². The van der Waals surface area contributed by atoms with E-state index < -0.39 is 0 Å². The lowest BCUT2D eigenvalue weighted by Gasteiger charge is -2.22. The lowest BCUT2D eigenvalue weighted by Crippen LogP contribution is -2.30. The van der Waals surface area contributed by atoms with Gasteiger partial charge >= 0.3 is 0 Å². The molecule has 0 aromatic carbocycles. The SMILES string of the molecule is O=C(NC1CCCc2[nH]ncc21)c1cn[nH]c1. The van der Waals surface area contributed by atoms with E-state index in [0.29, 0.717) is 5.56 Å². The highest BCUT2D eigenvalue weighted by molar-refractivity contribution is 5.93. The van der Waals surface area contributed by atoms with Crippen molar-refractivity contribution in [1.82, 2.24) is 25.7 Å². The van der Waals surface area contributed by atoms with Gasteiger partial charge in [-0.2, -0.15) is 10.2 Å². The van der Waals surface area contributed by atoms with Crippen LogP contribution in [0.1, 0.15) is 40.5 Å². The number of hydrogen-bond acceptors (Lipinski definition) is 3. The molecule has 1 amide bonds. The van der Waals surface area contributed by atoms with Crippen molar-refractivity contribution in [2.45, 2.75) is 25.3 Å². The van der Waals surface area contributed by atoms with Crippen LogP contribution in [0.2, 0.25) is 0 Å². The highest BCUT2D eigenvalue weighted by atomic mass is 16.1. The van der Waals surface area contributed by atoms with Crippen LogP contribution >= 0.6 is 0 Å². The molecule has 3 N–H and O–H groups in total. The number of aryl methyl sites for hydroxylation is 1. The molecule has 0 spiro atoms. The Hall–Kier alpha value is -2.11. The number of H-pyrrole nitrogens is 2. The number of nitrogens with one attached hydrogen (secondary N) is 3. The Morgan fingerprint density at radius 2 is 2.35 bits per heavy atom. The van der Waals surface area contributed by atoms with Crippen LogP contribution in [0.4, 0.5) is 0 Å². The van der Waals surface area contributed by atoms with Gasteiger partial charge in [-0.3, -0.25) is 15.0 Å². The van der Waals surface area contributed by atoms with Crippen LogP contribution in [0, 0.1) is 0 Å². The minimum Gasteiger partial charge on any atom is -0.345 e. The third kappa shape index (κ3) is 1.82. The van der Waals surface area contributed by atoms with Crippen LogP contribution in [0.15, 0.2) is 18.6 Å². The zero-order valence-electron chi connectivity index (χ0n) is 9.23. The normalized spacial score (nSPS) is 18.7. The summed E-state index contributed by atoms with van der Waals surface area (Å²) in [5, 5.41) is 16.4. The molecule has 0 bridgehead atoms. The van der Waals surface area contributed by atoms with E-state index in [1.807, 2.05) is 0 Å². The van der Waals surface area contributed by atoms with Gasteiger partial charge in [0.15, 0.2) is 0 Å². The van der Waals surface area contributed by atoms with Crippen LogP contribution in [-0.2, 0) is 6.42 Å². The van der Waals surface area contributed by atoms with Gasteiger partial charge in [0.25, 0.3) is 5.91 Å². The Morgan fingerprint density at radius 1 is 1.41 bits per heavy atom. The van der Waals surface area contributed by atoms with E-state index in [1.54, 1.807) is 12.4 Å². The van der Waals surface area contributed by atoms with E-state index in [2.05, 4.69) is 25.7 Å². The Morgan fingerprint density at radius 3 is 3.18 bits per heavy atom. The molecule has 1 unspecified atom stereocenters. The lowest BCUT2D eigenvalue weighted by molar-refractivity contribution is 0.0933. The second kappa shape index (κ2) is 4.04. The summed E-state index contributed by atoms with van der Waals surface area (Å²) in [6, 6.07) is 0.0555. The van der Waals surface area contributed by atoms with E-state index in [1.165, 1.54) is 6.20 Å². The van der Waals surface area contributed by atoms with Crippen molar-refractivity contribution < 1.29 is 4.79 Å². The van der Waals surface area contributed by atoms with Crippen molar-refractivity contribution >= 4 is 5.91 Å². The smallest absolute Gasteiger partial charge is 0.254 e.